The third-order valence-electron chi connectivity index (χ3n) is 3.31. The number of rotatable bonds is 6. The Hall–Kier alpha value is -0.690. The summed E-state index contributed by atoms with van der Waals surface area (Å²) in [6.07, 6.45) is 2.12. The van der Waals surface area contributed by atoms with E-state index in [0.717, 1.165) is 32.5 Å². The number of carbonyl (C=O) groups is 1. The molecule has 1 fully saturated rings. The van der Waals surface area contributed by atoms with Crippen LogP contribution in [0, 0.1) is 0 Å². The normalized spacial score (nSPS) is 19.3. The van der Waals surface area contributed by atoms with E-state index in [9.17, 15) is 4.79 Å². The van der Waals surface area contributed by atoms with Crippen LogP contribution >= 0.6 is 0 Å². The molecule has 0 spiro atoms. The van der Waals surface area contributed by atoms with Crippen LogP contribution in [0.4, 0.5) is 0 Å². The van der Waals surface area contributed by atoms with Gasteiger partial charge in [-0.2, -0.15) is 0 Å². The van der Waals surface area contributed by atoms with E-state index in [1.165, 1.54) is 0 Å². The van der Waals surface area contributed by atoms with Crippen LogP contribution in [0.2, 0.25) is 0 Å². The first-order chi connectivity index (χ1) is 8.24. The van der Waals surface area contributed by atoms with E-state index >= 15 is 0 Å². The fraction of sp³-hybridized carbons (Fsp3) is 0.909. The number of likely N-dealkylation sites (N-methyl/N-ethyl adjacent to an activating group) is 1. The molecule has 0 saturated carbocycles. The predicted octanol–water partition coefficient (Wildman–Crippen LogP) is -0.935. The second-order valence-electron chi connectivity index (χ2n) is 4.29. The van der Waals surface area contributed by atoms with Crippen molar-refractivity contribution in [3.05, 3.63) is 0 Å². The van der Waals surface area contributed by atoms with Gasteiger partial charge in [-0.3, -0.25) is 15.1 Å². The van der Waals surface area contributed by atoms with Gasteiger partial charge in [-0.05, 0) is 32.5 Å². The van der Waals surface area contributed by atoms with Crippen LogP contribution in [-0.2, 0) is 9.53 Å². The molecule has 0 aliphatic carbocycles. The summed E-state index contributed by atoms with van der Waals surface area (Å²) in [4.78, 5) is 14.0. The van der Waals surface area contributed by atoms with Crippen LogP contribution in [0.3, 0.4) is 0 Å². The fourth-order valence-corrected chi connectivity index (χ4v) is 2.45. The lowest BCUT2D eigenvalue weighted by Crippen LogP contribution is -2.56. The average molecular weight is 244 g/mol. The molecule has 1 aliphatic rings. The van der Waals surface area contributed by atoms with E-state index in [-0.39, 0.29) is 11.9 Å². The SMILES string of the molecule is CCN(C1CCNCC1)C(COC)C(=O)NN. The van der Waals surface area contributed by atoms with Gasteiger partial charge in [0.25, 0.3) is 5.91 Å². The molecule has 1 aliphatic heterocycles. The summed E-state index contributed by atoms with van der Waals surface area (Å²) in [5.41, 5.74) is 2.23. The first-order valence-corrected chi connectivity index (χ1v) is 6.20. The van der Waals surface area contributed by atoms with E-state index in [1.54, 1.807) is 7.11 Å². The molecule has 1 saturated heterocycles. The van der Waals surface area contributed by atoms with Crippen molar-refractivity contribution in [2.45, 2.75) is 31.8 Å². The number of amides is 1. The second-order valence-corrected chi connectivity index (χ2v) is 4.29. The number of ether oxygens (including phenoxy) is 1. The van der Waals surface area contributed by atoms with E-state index in [4.69, 9.17) is 10.6 Å². The molecule has 1 unspecified atom stereocenters. The lowest BCUT2D eigenvalue weighted by atomic mass is 10.0. The predicted molar refractivity (Wildman–Crippen MR) is 66.3 cm³/mol. The molecule has 17 heavy (non-hydrogen) atoms. The smallest absolute Gasteiger partial charge is 0.253 e. The zero-order valence-electron chi connectivity index (χ0n) is 10.7. The molecule has 1 atom stereocenters. The molecule has 1 rings (SSSR count). The minimum Gasteiger partial charge on any atom is -0.383 e. The molecule has 4 N–H and O–H groups in total. The van der Waals surface area contributed by atoms with Gasteiger partial charge in [-0.25, -0.2) is 5.84 Å². The van der Waals surface area contributed by atoms with Gasteiger partial charge in [0.05, 0.1) is 6.61 Å². The monoisotopic (exact) mass is 244 g/mol. The van der Waals surface area contributed by atoms with Crippen LogP contribution in [0.25, 0.3) is 0 Å². The Bertz CT molecular complexity index is 232. The molecule has 0 bridgehead atoms. The average Bonchev–Trinajstić information content (AvgIpc) is 2.39. The third kappa shape index (κ3) is 3.92. The largest absolute Gasteiger partial charge is 0.383 e. The number of carbonyl (C=O) groups excluding carboxylic acids is 1. The Labute approximate surface area is 103 Å². The van der Waals surface area contributed by atoms with E-state index in [1.807, 2.05) is 0 Å². The Morgan fingerprint density at radius 2 is 2.24 bits per heavy atom. The summed E-state index contributed by atoms with van der Waals surface area (Å²) in [6, 6.07) is 0.136. The minimum absolute atomic E-state index is 0.174. The number of nitrogens with zero attached hydrogens (tertiary/aromatic N) is 1. The Morgan fingerprint density at radius 1 is 1.59 bits per heavy atom. The summed E-state index contributed by atoms with van der Waals surface area (Å²) < 4.78 is 5.13. The lowest BCUT2D eigenvalue weighted by molar-refractivity contribution is -0.129. The Balaban J connectivity index is 2.68. The summed E-state index contributed by atoms with van der Waals surface area (Å²) >= 11 is 0. The molecule has 0 radical (unpaired) electrons. The van der Waals surface area contributed by atoms with Gasteiger partial charge >= 0.3 is 0 Å². The Morgan fingerprint density at radius 3 is 2.71 bits per heavy atom. The van der Waals surface area contributed by atoms with Gasteiger partial charge in [0.15, 0.2) is 0 Å². The van der Waals surface area contributed by atoms with Crippen molar-refractivity contribution >= 4 is 5.91 Å². The zero-order valence-corrected chi connectivity index (χ0v) is 10.7. The molecular formula is C11H24N4O2. The van der Waals surface area contributed by atoms with Gasteiger partial charge in [0.2, 0.25) is 0 Å². The second kappa shape index (κ2) is 7.60. The van der Waals surface area contributed by atoms with Gasteiger partial charge < -0.3 is 10.1 Å². The van der Waals surface area contributed by atoms with E-state index in [0.29, 0.717) is 12.6 Å². The molecule has 100 valence electrons. The van der Waals surface area contributed by atoms with E-state index < -0.39 is 0 Å². The lowest BCUT2D eigenvalue weighted by Gasteiger charge is -2.38. The molecule has 0 aromatic carbocycles. The third-order valence-corrected chi connectivity index (χ3v) is 3.31. The first-order valence-electron chi connectivity index (χ1n) is 6.20. The fourth-order valence-electron chi connectivity index (χ4n) is 2.45. The highest BCUT2D eigenvalue weighted by Crippen LogP contribution is 2.15. The van der Waals surface area contributed by atoms with E-state index in [2.05, 4.69) is 22.6 Å². The quantitative estimate of drug-likeness (QED) is 0.319. The molecule has 0 aromatic heterocycles. The molecule has 6 heteroatoms. The number of nitrogens with two attached hydrogens (primary N) is 1. The van der Waals surface area contributed by atoms with Crippen LogP contribution in [-0.4, -0.2) is 56.2 Å². The Kier molecular flexibility index (Phi) is 6.43. The summed E-state index contributed by atoms with van der Waals surface area (Å²) in [5.74, 6) is 5.06. The van der Waals surface area contributed by atoms with Crippen LogP contribution in [0.1, 0.15) is 19.8 Å². The van der Waals surface area contributed by atoms with Crippen molar-refractivity contribution in [3.63, 3.8) is 0 Å². The van der Waals surface area contributed by atoms with Crippen molar-refractivity contribution in [2.75, 3.05) is 33.4 Å². The van der Waals surface area contributed by atoms with Gasteiger partial charge in [-0.15, -0.1) is 0 Å². The van der Waals surface area contributed by atoms with Crippen molar-refractivity contribution < 1.29 is 9.53 Å². The van der Waals surface area contributed by atoms with Gasteiger partial charge in [0.1, 0.15) is 6.04 Å². The van der Waals surface area contributed by atoms with Crippen molar-refractivity contribution in [3.8, 4) is 0 Å². The highest BCUT2D eigenvalue weighted by molar-refractivity contribution is 5.81. The highest BCUT2D eigenvalue weighted by Gasteiger charge is 2.30. The number of hydrazine groups is 1. The van der Waals surface area contributed by atoms with Crippen molar-refractivity contribution in [1.29, 1.82) is 0 Å². The highest BCUT2D eigenvalue weighted by atomic mass is 16.5. The number of piperidine rings is 1. The number of hydrogen-bond acceptors (Lipinski definition) is 5. The van der Waals surface area contributed by atoms with Crippen LogP contribution in [0.5, 0.6) is 0 Å². The van der Waals surface area contributed by atoms with Crippen LogP contribution in [0.15, 0.2) is 0 Å². The number of hydrogen-bond donors (Lipinski definition) is 3. The maximum absolute atomic E-state index is 11.8. The number of nitrogens with one attached hydrogen (secondary N) is 2. The number of methoxy groups -OCH3 is 1. The first kappa shape index (κ1) is 14.4. The van der Waals surface area contributed by atoms with Crippen LogP contribution < -0.4 is 16.6 Å². The summed E-state index contributed by atoms with van der Waals surface area (Å²) in [5, 5.41) is 3.32. The van der Waals surface area contributed by atoms with Crippen molar-refractivity contribution in [1.82, 2.24) is 15.6 Å². The molecule has 1 heterocycles. The molecule has 1 amide bonds. The van der Waals surface area contributed by atoms with Gasteiger partial charge in [-0.1, -0.05) is 6.92 Å². The standard InChI is InChI=1S/C11H24N4O2/c1-3-15(9-4-6-13-7-5-9)10(8-17-2)11(16)14-12/h9-10,13H,3-8,12H2,1-2H3,(H,14,16). The van der Waals surface area contributed by atoms with Gasteiger partial charge in [0, 0.05) is 13.2 Å². The molecule has 6 nitrogen and oxygen atoms in total. The summed E-state index contributed by atoms with van der Waals surface area (Å²) in [6.45, 7) is 5.28. The maximum atomic E-state index is 11.8. The van der Waals surface area contributed by atoms with Crippen molar-refractivity contribution in [2.24, 2.45) is 5.84 Å². The maximum Gasteiger partial charge on any atom is 0.253 e. The zero-order chi connectivity index (χ0) is 12.7. The summed E-state index contributed by atoms with van der Waals surface area (Å²) in [7, 11) is 1.60. The molecule has 0 aromatic rings. The topological polar surface area (TPSA) is 79.6 Å². The molecular weight excluding hydrogens is 220 g/mol. The minimum atomic E-state index is -0.293.